The highest BCUT2D eigenvalue weighted by Crippen LogP contribution is 2.18. The van der Waals surface area contributed by atoms with E-state index in [-0.39, 0.29) is 0 Å². The molecular formula is C11H20N4O. The minimum atomic E-state index is 0.729. The van der Waals surface area contributed by atoms with Crippen LogP contribution in [0.2, 0.25) is 0 Å². The molecule has 5 nitrogen and oxygen atoms in total. The van der Waals surface area contributed by atoms with Crippen LogP contribution in [-0.2, 0) is 17.8 Å². The molecule has 0 saturated heterocycles. The lowest BCUT2D eigenvalue weighted by molar-refractivity contribution is 0.191. The van der Waals surface area contributed by atoms with Gasteiger partial charge in [-0.3, -0.25) is 4.68 Å². The van der Waals surface area contributed by atoms with Gasteiger partial charge in [-0.15, -0.1) is 5.10 Å². The van der Waals surface area contributed by atoms with Gasteiger partial charge in [-0.2, -0.15) is 0 Å². The molecule has 0 aromatic carbocycles. The van der Waals surface area contributed by atoms with Crippen molar-refractivity contribution in [2.75, 3.05) is 13.7 Å². The molecule has 1 aromatic heterocycles. The van der Waals surface area contributed by atoms with E-state index in [0.717, 1.165) is 44.3 Å². The topological polar surface area (TPSA) is 52.0 Å². The zero-order valence-electron chi connectivity index (χ0n) is 9.85. The van der Waals surface area contributed by atoms with E-state index in [2.05, 4.69) is 15.6 Å². The first-order valence-corrected chi connectivity index (χ1v) is 6.00. The summed E-state index contributed by atoms with van der Waals surface area (Å²) in [4.78, 5) is 0. The van der Waals surface area contributed by atoms with Crippen molar-refractivity contribution in [3.63, 3.8) is 0 Å². The quantitative estimate of drug-likeness (QED) is 0.668. The largest absolute Gasteiger partial charge is 0.385 e. The first kappa shape index (κ1) is 11.5. The SMILES string of the molecule is COCCCCn1cc(CNC2CC2)nn1. The molecule has 0 spiro atoms. The molecule has 1 aromatic rings. The lowest BCUT2D eigenvalue weighted by atomic mass is 10.3. The van der Waals surface area contributed by atoms with E-state index in [1.165, 1.54) is 12.8 Å². The summed E-state index contributed by atoms with van der Waals surface area (Å²) in [6, 6.07) is 0.729. The number of nitrogens with zero attached hydrogens (tertiary/aromatic N) is 3. The van der Waals surface area contributed by atoms with Crippen LogP contribution in [0, 0.1) is 0 Å². The van der Waals surface area contributed by atoms with Gasteiger partial charge in [0.1, 0.15) is 0 Å². The summed E-state index contributed by atoms with van der Waals surface area (Å²) in [5.74, 6) is 0. The van der Waals surface area contributed by atoms with Gasteiger partial charge in [-0.1, -0.05) is 5.21 Å². The summed E-state index contributed by atoms with van der Waals surface area (Å²) in [6.07, 6.45) is 6.82. The maximum Gasteiger partial charge on any atom is 0.0964 e. The van der Waals surface area contributed by atoms with Crippen molar-refractivity contribution in [3.8, 4) is 0 Å². The number of ether oxygens (including phenoxy) is 1. The molecule has 1 aliphatic rings. The average molecular weight is 224 g/mol. The van der Waals surface area contributed by atoms with Crippen molar-refractivity contribution in [2.45, 2.75) is 44.8 Å². The predicted molar refractivity (Wildman–Crippen MR) is 61.0 cm³/mol. The highest BCUT2D eigenvalue weighted by atomic mass is 16.5. The van der Waals surface area contributed by atoms with E-state index in [0.29, 0.717) is 0 Å². The van der Waals surface area contributed by atoms with Gasteiger partial charge >= 0.3 is 0 Å². The molecule has 1 aliphatic carbocycles. The van der Waals surface area contributed by atoms with E-state index < -0.39 is 0 Å². The van der Waals surface area contributed by atoms with Crippen molar-refractivity contribution in [3.05, 3.63) is 11.9 Å². The van der Waals surface area contributed by atoms with Crippen molar-refractivity contribution in [1.82, 2.24) is 20.3 Å². The van der Waals surface area contributed by atoms with Gasteiger partial charge in [0.25, 0.3) is 0 Å². The minimum Gasteiger partial charge on any atom is -0.385 e. The molecular weight excluding hydrogens is 204 g/mol. The fourth-order valence-electron chi connectivity index (χ4n) is 1.59. The van der Waals surface area contributed by atoms with E-state index >= 15 is 0 Å². The Morgan fingerprint density at radius 1 is 1.50 bits per heavy atom. The normalized spacial score (nSPS) is 15.6. The second-order valence-electron chi connectivity index (χ2n) is 4.33. The summed E-state index contributed by atoms with van der Waals surface area (Å²) in [6.45, 7) is 2.60. The number of nitrogens with one attached hydrogen (secondary N) is 1. The standard InChI is InChI=1S/C11H20N4O/c1-16-7-3-2-6-15-9-11(13-14-15)8-12-10-4-5-10/h9-10,12H,2-8H2,1H3. The van der Waals surface area contributed by atoms with Crippen molar-refractivity contribution >= 4 is 0 Å². The second kappa shape index (κ2) is 5.96. The molecule has 90 valence electrons. The fraction of sp³-hybridized carbons (Fsp3) is 0.818. The maximum absolute atomic E-state index is 5.00. The van der Waals surface area contributed by atoms with E-state index in [1.807, 2.05) is 10.9 Å². The highest BCUT2D eigenvalue weighted by Gasteiger charge is 2.20. The Morgan fingerprint density at radius 2 is 2.38 bits per heavy atom. The van der Waals surface area contributed by atoms with E-state index in [4.69, 9.17) is 4.74 Å². The predicted octanol–water partition coefficient (Wildman–Crippen LogP) is 0.957. The molecule has 1 fully saturated rings. The van der Waals surface area contributed by atoms with E-state index in [9.17, 15) is 0 Å². The Morgan fingerprint density at radius 3 is 3.12 bits per heavy atom. The molecule has 5 heteroatoms. The first-order valence-electron chi connectivity index (χ1n) is 6.00. The van der Waals surface area contributed by atoms with Crippen molar-refractivity contribution in [2.24, 2.45) is 0 Å². The smallest absolute Gasteiger partial charge is 0.0964 e. The van der Waals surface area contributed by atoms with Crippen LogP contribution in [0.3, 0.4) is 0 Å². The van der Waals surface area contributed by atoms with Gasteiger partial charge in [0.05, 0.1) is 5.69 Å². The Hall–Kier alpha value is -0.940. The van der Waals surface area contributed by atoms with Crippen molar-refractivity contribution < 1.29 is 4.74 Å². The monoisotopic (exact) mass is 224 g/mol. The Balaban J connectivity index is 1.64. The molecule has 16 heavy (non-hydrogen) atoms. The molecule has 1 heterocycles. The summed E-state index contributed by atoms with van der Waals surface area (Å²) in [7, 11) is 1.73. The van der Waals surface area contributed by atoms with Gasteiger partial charge in [-0.25, -0.2) is 0 Å². The van der Waals surface area contributed by atoms with Crippen LogP contribution in [0.1, 0.15) is 31.4 Å². The average Bonchev–Trinajstić information content (AvgIpc) is 3.02. The third kappa shape index (κ3) is 3.90. The molecule has 0 unspecified atom stereocenters. The van der Waals surface area contributed by atoms with E-state index in [1.54, 1.807) is 7.11 Å². The molecule has 0 radical (unpaired) electrons. The number of hydrogen-bond acceptors (Lipinski definition) is 4. The number of aromatic nitrogens is 3. The van der Waals surface area contributed by atoms with Gasteiger partial charge in [0.15, 0.2) is 0 Å². The molecule has 2 rings (SSSR count). The van der Waals surface area contributed by atoms with Gasteiger partial charge in [0, 0.05) is 39.0 Å². The number of rotatable bonds is 8. The van der Waals surface area contributed by atoms with Crippen LogP contribution < -0.4 is 5.32 Å². The lowest BCUT2D eigenvalue weighted by Crippen LogP contribution is -2.15. The zero-order valence-corrected chi connectivity index (χ0v) is 9.85. The number of methoxy groups -OCH3 is 1. The van der Waals surface area contributed by atoms with Crippen LogP contribution >= 0.6 is 0 Å². The van der Waals surface area contributed by atoms with Crippen LogP contribution in [0.25, 0.3) is 0 Å². The van der Waals surface area contributed by atoms with Gasteiger partial charge in [0.2, 0.25) is 0 Å². The summed E-state index contributed by atoms with van der Waals surface area (Å²) >= 11 is 0. The highest BCUT2D eigenvalue weighted by molar-refractivity contribution is 4.94. The third-order valence-corrected chi connectivity index (χ3v) is 2.72. The zero-order chi connectivity index (χ0) is 11.2. The Bertz CT molecular complexity index is 309. The van der Waals surface area contributed by atoms with Gasteiger partial charge in [-0.05, 0) is 25.7 Å². The Kier molecular flexibility index (Phi) is 4.30. The molecule has 0 amide bonds. The summed E-state index contributed by atoms with van der Waals surface area (Å²) in [5, 5.41) is 11.7. The third-order valence-electron chi connectivity index (χ3n) is 2.72. The summed E-state index contributed by atoms with van der Waals surface area (Å²) in [5.41, 5.74) is 1.04. The number of hydrogen-bond donors (Lipinski definition) is 1. The molecule has 1 N–H and O–H groups in total. The van der Waals surface area contributed by atoms with Crippen LogP contribution in [-0.4, -0.2) is 34.8 Å². The maximum atomic E-state index is 5.00. The Labute approximate surface area is 96.2 Å². The van der Waals surface area contributed by atoms with Crippen LogP contribution in [0.4, 0.5) is 0 Å². The molecule has 0 aliphatic heterocycles. The first-order chi connectivity index (χ1) is 7.88. The molecule has 1 saturated carbocycles. The summed E-state index contributed by atoms with van der Waals surface area (Å²) < 4.78 is 6.92. The van der Waals surface area contributed by atoms with Crippen molar-refractivity contribution in [1.29, 1.82) is 0 Å². The fourth-order valence-corrected chi connectivity index (χ4v) is 1.59. The number of unbranched alkanes of at least 4 members (excludes halogenated alkanes) is 1. The lowest BCUT2D eigenvalue weighted by Gasteiger charge is -1.99. The molecule has 0 atom stereocenters. The minimum absolute atomic E-state index is 0.729. The van der Waals surface area contributed by atoms with Gasteiger partial charge < -0.3 is 10.1 Å². The molecule has 0 bridgehead atoms. The van der Waals surface area contributed by atoms with Crippen LogP contribution in [0.5, 0.6) is 0 Å². The van der Waals surface area contributed by atoms with Crippen LogP contribution in [0.15, 0.2) is 6.20 Å². The second-order valence-corrected chi connectivity index (χ2v) is 4.33. The number of aryl methyl sites for hydroxylation is 1.